The summed E-state index contributed by atoms with van der Waals surface area (Å²) in [7, 11) is 0. The van der Waals surface area contributed by atoms with Crippen molar-refractivity contribution in [2.24, 2.45) is 0 Å². The van der Waals surface area contributed by atoms with Gasteiger partial charge < -0.3 is 50.3 Å². The lowest BCUT2D eigenvalue weighted by Crippen LogP contribution is -2.61. The van der Waals surface area contributed by atoms with Crippen LogP contribution in [0.5, 0.6) is 0 Å². The van der Waals surface area contributed by atoms with Crippen LogP contribution in [-0.4, -0.2) is 109 Å². The van der Waals surface area contributed by atoms with Gasteiger partial charge in [-0.15, -0.1) is 0 Å². The van der Waals surface area contributed by atoms with Gasteiger partial charge in [0, 0.05) is 0 Å². The first-order valence-electron chi connectivity index (χ1n) is 6.85. The largest absolute Gasteiger partial charge is 0.394 e. The average Bonchev–Trinajstić information content (AvgIpc) is 2.50. The molecule has 10 heteroatoms. The molecular formula is C12H24O10. The molecule has 0 aromatic rings. The number of rotatable bonds is 7. The molecule has 1 saturated heterocycles. The normalized spacial score (nSPS) is 38.3. The van der Waals surface area contributed by atoms with Crippen molar-refractivity contribution in [3.63, 3.8) is 0 Å². The highest BCUT2D eigenvalue weighted by Gasteiger charge is 2.46. The van der Waals surface area contributed by atoms with E-state index in [0.29, 0.717) is 0 Å². The molecule has 0 unspecified atom stereocenters. The lowest BCUT2D eigenvalue weighted by atomic mass is 9.98. The second kappa shape index (κ2) is 8.45. The summed E-state index contributed by atoms with van der Waals surface area (Å²) in [6.07, 6.45) is -13.9. The number of ether oxygens (including phenoxy) is 2. The van der Waals surface area contributed by atoms with Crippen LogP contribution in [0.1, 0.15) is 6.92 Å². The predicted molar refractivity (Wildman–Crippen MR) is 69.4 cm³/mol. The molecule has 9 atom stereocenters. The maximum atomic E-state index is 9.82. The molecule has 0 aliphatic carbocycles. The Bertz CT molecular complexity index is 325. The average molecular weight is 328 g/mol. The van der Waals surface area contributed by atoms with Crippen LogP contribution in [0.25, 0.3) is 0 Å². The van der Waals surface area contributed by atoms with Crippen LogP contribution in [0, 0.1) is 0 Å². The first-order valence-corrected chi connectivity index (χ1v) is 6.85. The first kappa shape index (κ1) is 19.6. The van der Waals surface area contributed by atoms with Gasteiger partial charge in [0.05, 0.1) is 19.3 Å². The summed E-state index contributed by atoms with van der Waals surface area (Å²) in [6, 6.07) is 0. The van der Waals surface area contributed by atoms with E-state index in [4.69, 9.17) is 19.7 Å². The van der Waals surface area contributed by atoms with Crippen LogP contribution >= 0.6 is 0 Å². The third-order valence-electron chi connectivity index (χ3n) is 3.54. The molecule has 0 aromatic carbocycles. The highest BCUT2D eigenvalue weighted by atomic mass is 16.7. The highest BCUT2D eigenvalue weighted by Crippen LogP contribution is 2.24. The number of hydrogen-bond acceptors (Lipinski definition) is 10. The topological polar surface area (TPSA) is 180 Å². The SMILES string of the molecule is C[C@H](O)[C@@H](O)[C@@H](O[C@H]1O[C@H](CO)[C@@H](O)[C@H](O)[C@H]1O)[C@H](O)CO. The van der Waals surface area contributed by atoms with Gasteiger partial charge in [-0.3, -0.25) is 0 Å². The fourth-order valence-electron chi connectivity index (χ4n) is 2.11. The van der Waals surface area contributed by atoms with Crippen molar-refractivity contribution in [1.29, 1.82) is 0 Å². The number of aliphatic hydroxyl groups excluding tert-OH is 8. The van der Waals surface area contributed by atoms with E-state index in [1.165, 1.54) is 6.92 Å². The molecule has 22 heavy (non-hydrogen) atoms. The van der Waals surface area contributed by atoms with Gasteiger partial charge in [0.15, 0.2) is 6.29 Å². The van der Waals surface area contributed by atoms with Gasteiger partial charge in [-0.25, -0.2) is 0 Å². The second-order valence-electron chi connectivity index (χ2n) is 5.28. The molecular weight excluding hydrogens is 304 g/mol. The fraction of sp³-hybridized carbons (Fsp3) is 1.00. The molecule has 1 fully saturated rings. The van der Waals surface area contributed by atoms with Gasteiger partial charge >= 0.3 is 0 Å². The van der Waals surface area contributed by atoms with Gasteiger partial charge in [0.25, 0.3) is 0 Å². The minimum absolute atomic E-state index is 0.670. The maximum Gasteiger partial charge on any atom is 0.187 e. The summed E-state index contributed by atoms with van der Waals surface area (Å²) in [6.45, 7) is -0.249. The Balaban J connectivity index is 2.86. The van der Waals surface area contributed by atoms with Gasteiger partial charge in [-0.05, 0) is 6.92 Å². The molecule has 1 aliphatic rings. The lowest BCUT2D eigenvalue weighted by Gasteiger charge is -2.42. The molecule has 0 radical (unpaired) electrons. The predicted octanol–water partition coefficient (Wildman–Crippen LogP) is -4.73. The molecule has 8 N–H and O–H groups in total. The van der Waals surface area contributed by atoms with Crippen LogP contribution in [-0.2, 0) is 9.47 Å². The minimum atomic E-state index is -1.73. The van der Waals surface area contributed by atoms with Crippen LogP contribution in [0.2, 0.25) is 0 Å². The van der Waals surface area contributed by atoms with Crippen LogP contribution in [0.3, 0.4) is 0 Å². The zero-order valence-electron chi connectivity index (χ0n) is 12.0. The Labute approximate surface area is 126 Å². The standard InChI is InChI=1S/C12H24O10/c1-4(15)7(17)11(5(16)2-13)22-12-10(20)9(19)8(18)6(3-14)21-12/h4-20H,2-3H2,1H3/t4-,5+,6+,7+,8+,9-,10+,11-,12+/m0/s1. The van der Waals surface area contributed by atoms with Crippen molar-refractivity contribution in [2.75, 3.05) is 13.2 Å². The van der Waals surface area contributed by atoms with Crippen molar-refractivity contribution in [1.82, 2.24) is 0 Å². The summed E-state index contributed by atoms with van der Waals surface area (Å²) in [4.78, 5) is 0. The van der Waals surface area contributed by atoms with E-state index in [2.05, 4.69) is 0 Å². The molecule has 0 spiro atoms. The van der Waals surface area contributed by atoms with E-state index in [1.807, 2.05) is 0 Å². The Kier molecular flexibility index (Phi) is 7.55. The van der Waals surface area contributed by atoms with E-state index in [9.17, 15) is 30.6 Å². The summed E-state index contributed by atoms with van der Waals surface area (Å²) >= 11 is 0. The van der Waals surface area contributed by atoms with Crippen LogP contribution in [0.15, 0.2) is 0 Å². The van der Waals surface area contributed by atoms with Gasteiger partial charge in [0.2, 0.25) is 0 Å². The number of aliphatic hydroxyl groups is 8. The van der Waals surface area contributed by atoms with E-state index in [-0.39, 0.29) is 0 Å². The van der Waals surface area contributed by atoms with E-state index >= 15 is 0 Å². The van der Waals surface area contributed by atoms with Crippen molar-refractivity contribution in [3.05, 3.63) is 0 Å². The number of hydrogen-bond donors (Lipinski definition) is 8. The van der Waals surface area contributed by atoms with Gasteiger partial charge in [0.1, 0.15) is 42.7 Å². The molecule has 0 saturated carbocycles. The fourth-order valence-corrected chi connectivity index (χ4v) is 2.11. The van der Waals surface area contributed by atoms with Crippen molar-refractivity contribution in [2.45, 2.75) is 62.0 Å². The lowest BCUT2D eigenvalue weighted by molar-refractivity contribution is -0.326. The van der Waals surface area contributed by atoms with Crippen molar-refractivity contribution < 1.29 is 50.3 Å². The molecule has 10 nitrogen and oxygen atoms in total. The summed E-state index contributed by atoms with van der Waals surface area (Å²) in [5, 5.41) is 75.9. The molecule has 0 aromatic heterocycles. The third-order valence-corrected chi connectivity index (χ3v) is 3.54. The third kappa shape index (κ3) is 4.32. The Morgan fingerprint density at radius 1 is 1.00 bits per heavy atom. The Morgan fingerprint density at radius 2 is 1.59 bits per heavy atom. The highest BCUT2D eigenvalue weighted by molar-refractivity contribution is 4.90. The molecule has 0 amide bonds. The monoisotopic (exact) mass is 328 g/mol. The Morgan fingerprint density at radius 3 is 2.05 bits per heavy atom. The zero-order valence-corrected chi connectivity index (χ0v) is 12.0. The maximum absolute atomic E-state index is 9.82. The first-order chi connectivity index (χ1) is 10.2. The quantitative estimate of drug-likeness (QED) is 0.226. The minimum Gasteiger partial charge on any atom is -0.394 e. The molecule has 1 heterocycles. The van der Waals surface area contributed by atoms with E-state index < -0.39 is 68.3 Å². The molecule has 1 aliphatic heterocycles. The van der Waals surface area contributed by atoms with Gasteiger partial charge in [-0.1, -0.05) is 0 Å². The summed E-state index contributed by atoms with van der Waals surface area (Å²) < 4.78 is 10.2. The van der Waals surface area contributed by atoms with Crippen LogP contribution < -0.4 is 0 Å². The van der Waals surface area contributed by atoms with E-state index in [0.717, 1.165) is 0 Å². The zero-order chi connectivity index (χ0) is 17.0. The van der Waals surface area contributed by atoms with Crippen molar-refractivity contribution >= 4 is 0 Å². The summed E-state index contributed by atoms with van der Waals surface area (Å²) in [5.74, 6) is 0. The smallest absolute Gasteiger partial charge is 0.187 e. The van der Waals surface area contributed by atoms with Crippen LogP contribution in [0.4, 0.5) is 0 Å². The second-order valence-corrected chi connectivity index (χ2v) is 5.28. The Hall–Kier alpha value is -0.400. The van der Waals surface area contributed by atoms with E-state index in [1.54, 1.807) is 0 Å². The summed E-state index contributed by atoms with van der Waals surface area (Å²) in [5.41, 5.74) is 0. The molecule has 1 rings (SSSR count). The van der Waals surface area contributed by atoms with Gasteiger partial charge in [-0.2, -0.15) is 0 Å². The molecule has 0 bridgehead atoms. The molecule has 132 valence electrons. The van der Waals surface area contributed by atoms with Crippen molar-refractivity contribution in [3.8, 4) is 0 Å².